The predicted octanol–water partition coefficient (Wildman–Crippen LogP) is 4.04. The molecule has 0 N–H and O–H groups in total. The van der Waals surface area contributed by atoms with Gasteiger partial charge >= 0.3 is 0 Å². The van der Waals surface area contributed by atoms with Crippen molar-refractivity contribution in [1.29, 1.82) is 0 Å². The van der Waals surface area contributed by atoms with Crippen LogP contribution in [0.25, 0.3) is 0 Å². The largest absolute Gasteiger partial charge is 0.250 e. The lowest BCUT2D eigenvalue weighted by atomic mass is 10.0. The van der Waals surface area contributed by atoms with Crippen LogP contribution < -0.4 is 0 Å². The summed E-state index contributed by atoms with van der Waals surface area (Å²) in [6.45, 7) is 0. The van der Waals surface area contributed by atoms with E-state index in [9.17, 15) is 8.42 Å². The van der Waals surface area contributed by atoms with Gasteiger partial charge in [0.1, 0.15) is 0 Å². The van der Waals surface area contributed by atoms with E-state index < -0.39 is 10.0 Å². The number of rotatable bonds is 3. The Balaban J connectivity index is 1.64. The highest BCUT2D eigenvalue weighted by Gasteiger charge is 2.77. The molecule has 4 rings (SSSR count). The Morgan fingerprint density at radius 1 is 1.04 bits per heavy atom. The molecule has 0 aliphatic heterocycles. The van der Waals surface area contributed by atoms with Gasteiger partial charge in [0, 0.05) is 5.92 Å². The van der Waals surface area contributed by atoms with Crippen LogP contribution in [0.2, 0.25) is 0 Å². The van der Waals surface area contributed by atoms with Gasteiger partial charge in [-0.2, -0.15) is 4.40 Å². The van der Waals surface area contributed by atoms with Crippen LogP contribution in [0, 0.1) is 23.2 Å². The van der Waals surface area contributed by atoms with Crippen molar-refractivity contribution in [1.82, 2.24) is 0 Å². The van der Waals surface area contributed by atoms with Crippen molar-refractivity contribution in [2.45, 2.75) is 44.9 Å². The molecule has 3 aliphatic carbocycles. The average molecular weight is 331 g/mol. The summed E-state index contributed by atoms with van der Waals surface area (Å²) in [5, 5.41) is 0. The maximum Gasteiger partial charge on any atom is 0.250 e. The lowest BCUT2D eigenvalue weighted by molar-refractivity contribution is 0.485. The first kappa shape index (κ1) is 15.4. The molecule has 0 heterocycles. The maximum absolute atomic E-state index is 11.8. The summed E-state index contributed by atoms with van der Waals surface area (Å²) in [7, 11) is -3.36. The normalized spacial score (nSPS) is 36.9. The number of fused-ring (bicyclic) bond motifs is 3. The van der Waals surface area contributed by atoms with E-state index in [0.29, 0.717) is 11.3 Å². The molecule has 0 radical (unpaired) electrons. The molecule has 3 nitrogen and oxygen atoms in total. The van der Waals surface area contributed by atoms with Gasteiger partial charge < -0.3 is 0 Å². The second-order valence-corrected chi connectivity index (χ2v) is 9.30. The fraction of sp³-hybridized carbons (Fsp3) is 0.632. The van der Waals surface area contributed by atoms with Gasteiger partial charge in [-0.05, 0) is 42.1 Å². The molecular weight excluding hydrogens is 306 g/mol. The molecular formula is C19H25NO2S. The third-order valence-electron chi connectivity index (χ3n) is 6.25. The monoisotopic (exact) mass is 331 g/mol. The fourth-order valence-electron chi connectivity index (χ4n) is 5.22. The number of nitrogens with zero attached hydrogens (tertiary/aromatic N) is 1. The first-order valence-electron chi connectivity index (χ1n) is 8.87. The van der Waals surface area contributed by atoms with Crippen LogP contribution in [0.4, 0.5) is 0 Å². The number of benzene rings is 1. The topological polar surface area (TPSA) is 46.5 Å². The molecule has 3 aliphatic rings. The average Bonchev–Trinajstić information content (AvgIpc) is 3.33. The van der Waals surface area contributed by atoms with Gasteiger partial charge in [-0.3, -0.25) is 0 Å². The lowest BCUT2D eigenvalue weighted by Gasteiger charge is -2.06. The van der Waals surface area contributed by atoms with Crippen molar-refractivity contribution in [2.75, 3.05) is 6.26 Å². The van der Waals surface area contributed by atoms with E-state index in [1.54, 1.807) is 0 Å². The highest BCUT2D eigenvalue weighted by atomic mass is 32.2. The van der Waals surface area contributed by atoms with E-state index in [1.165, 1.54) is 44.8 Å². The highest BCUT2D eigenvalue weighted by Crippen LogP contribution is 2.81. The van der Waals surface area contributed by atoms with Crippen LogP contribution in [0.5, 0.6) is 0 Å². The van der Waals surface area contributed by atoms with E-state index in [0.717, 1.165) is 29.5 Å². The summed E-state index contributed by atoms with van der Waals surface area (Å²) in [6, 6.07) is 9.91. The molecule has 124 valence electrons. The van der Waals surface area contributed by atoms with Crippen molar-refractivity contribution in [3.05, 3.63) is 35.9 Å². The SMILES string of the molecule is CS(=O)(=O)/N=C(\c1ccccc1)C1CC12[C@@H]1CCCCCC[C@@H]12. The molecule has 4 heteroatoms. The third-order valence-corrected chi connectivity index (χ3v) is 6.78. The Hall–Kier alpha value is -1.16. The minimum absolute atomic E-state index is 0.354. The summed E-state index contributed by atoms with van der Waals surface area (Å²) in [6.07, 6.45) is 10.5. The maximum atomic E-state index is 11.8. The van der Waals surface area contributed by atoms with Gasteiger partial charge in [-0.15, -0.1) is 0 Å². The predicted molar refractivity (Wildman–Crippen MR) is 93.0 cm³/mol. The molecule has 0 amide bonds. The van der Waals surface area contributed by atoms with Crippen LogP contribution in [0.1, 0.15) is 50.5 Å². The Morgan fingerprint density at radius 2 is 1.65 bits per heavy atom. The molecule has 1 aromatic rings. The van der Waals surface area contributed by atoms with Gasteiger partial charge in [0.05, 0.1) is 12.0 Å². The molecule has 2 unspecified atom stereocenters. The highest BCUT2D eigenvalue weighted by molar-refractivity contribution is 7.89. The molecule has 3 fully saturated rings. The second kappa shape index (κ2) is 5.44. The van der Waals surface area contributed by atoms with Gasteiger partial charge in [0.25, 0.3) is 0 Å². The Labute approximate surface area is 139 Å². The summed E-state index contributed by atoms with van der Waals surface area (Å²) in [5.41, 5.74) is 2.20. The quantitative estimate of drug-likeness (QED) is 0.785. The van der Waals surface area contributed by atoms with E-state index in [4.69, 9.17) is 0 Å². The molecule has 23 heavy (non-hydrogen) atoms. The first-order chi connectivity index (χ1) is 11.0. The van der Waals surface area contributed by atoms with E-state index in [1.807, 2.05) is 30.3 Å². The number of sulfonamides is 1. The third kappa shape index (κ3) is 2.75. The van der Waals surface area contributed by atoms with E-state index in [2.05, 4.69) is 4.40 Å². The smallest absolute Gasteiger partial charge is 0.205 e. The van der Waals surface area contributed by atoms with Crippen molar-refractivity contribution in [3.8, 4) is 0 Å². The second-order valence-electron chi connectivity index (χ2n) is 7.65. The molecule has 0 aromatic heterocycles. The zero-order chi connectivity index (χ0) is 16.1. The van der Waals surface area contributed by atoms with E-state index in [-0.39, 0.29) is 0 Å². The summed E-state index contributed by atoms with van der Waals surface area (Å²) in [5.74, 6) is 2.00. The Kier molecular flexibility index (Phi) is 3.63. The van der Waals surface area contributed by atoms with Crippen molar-refractivity contribution < 1.29 is 8.42 Å². The summed E-state index contributed by atoms with van der Waals surface area (Å²) in [4.78, 5) is 0. The van der Waals surface area contributed by atoms with Crippen LogP contribution in [-0.2, 0) is 10.0 Å². The van der Waals surface area contributed by atoms with Crippen molar-refractivity contribution >= 4 is 15.7 Å². The molecule has 0 bridgehead atoms. The summed E-state index contributed by atoms with van der Waals surface area (Å²) >= 11 is 0. The van der Waals surface area contributed by atoms with Crippen LogP contribution in [-0.4, -0.2) is 20.4 Å². The summed E-state index contributed by atoms with van der Waals surface area (Å²) < 4.78 is 27.8. The zero-order valence-electron chi connectivity index (χ0n) is 13.7. The van der Waals surface area contributed by atoms with Gasteiger partial charge in [0.15, 0.2) is 0 Å². The van der Waals surface area contributed by atoms with Crippen molar-refractivity contribution in [2.24, 2.45) is 27.6 Å². The van der Waals surface area contributed by atoms with Gasteiger partial charge in [-0.1, -0.05) is 56.0 Å². The van der Waals surface area contributed by atoms with Crippen LogP contribution >= 0.6 is 0 Å². The van der Waals surface area contributed by atoms with Crippen LogP contribution in [0.3, 0.4) is 0 Å². The number of hydrogen-bond donors (Lipinski definition) is 0. The van der Waals surface area contributed by atoms with E-state index >= 15 is 0 Å². The first-order valence-corrected chi connectivity index (χ1v) is 10.7. The minimum Gasteiger partial charge on any atom is -0.205 e. The Morgan fingerprint density at radius 3 is 2.22 bits per heavy atom. The molecule has 0 saturated heterocycles. The standard InChI is InChI=1S/C19H25NO2S/c1-23(21,22)20-18(14-9-5-4-6-10-14)17-13-19(17)15-11-7-2-3-8-12-16(15)19/h4-6,9-10,15-17H,2-3,7-8,11-13H2,1H3/b20-18+/t15-,16+,17?,19?. The van der Waals surface area contributed by atoms with Crippen LogP contribution in [0.15, 0.2) is 34.7 Å². The number of hydrogen-bond acceptors (Lipinski definition) is 2. The van der Waals surface area contributed by atoms with Crippen molar-refractivity contribution in [3.63, 3.8) is 0 Å². The minimum atomic E-state index is -3.36. The molecule has 3 saturated carbocycles. The fourth-order valence-corrected chi connectivity index (χ4v) is 5.81. The zero-order valence-corrected chi connectivity index (χ0v) is 14.6. The lowest BCUT2D eigenvalue weighted by Crippen LogP contribution is -2.10. The molecule has 4 atom stereocenters. The Bertz CT molecular complexity index is 709. The molecule has 1 spiro atoms. The van der Waals surface area contributed by atoms with Gasteiger partial charge in [-0.25, -0.2) is 8.42 Å². The molecule has 1 aromatic carbocycles. The van der Waals surface area contributed by atoms with Gasteiger partial charge in [0.2, 0.25) is 10.0 Å².